The van der Waals surface area contributed by atoms with Crippen LogP contribution in [0.1, 0.15) is 18.9 Å². The second-order valence-corrected chi connectivity index (χ2v) is 6.10. The number of nitrogens with zero attached hydrogens (tertiary/aromatic N) is 3. The van der Waals surface area contributed by atoms with Crippen molar-refractivity contribution in [3.8, 4) is 0 Å². The van der Waals surface area contributed by atoms with Gasteiger partial charge in [0.1, 0.15) is 5.82 Å². The molecule has 6 nitrogen and oxygen atoms in total. The van der Waals surface area contributed by atoms with Crippen LogP contribution in [-0.2, 0) is 13.0 Å². The summed E-state index contributed by atoms with van der Waals surface area (Å²) in [6.45, 7) is 5.29. The summed E-state index contributed by atoms with van der Waals surface area (Å²) >= 11 is 0. The summed E-state index contributed by atoms with van der Waals surface area (Å²) in [5.41, 5.74) is 2.00. The first-order valence-corrected chi connectivity index (χ1v) is 8.99. The van der Waals surface area contributed by atoms with Gasteiger partial charge in [-0.05, 0) is 43.5 Å². The summed E-state index contributed by atoms with van der Waals surface area (Å²) in [5, 5.41) is 7.69. The van der Waals surface area contributed by atoms with Gasteiger partial charge in [0.05, 0.1) is 6.33 Å². The Morgan fingerprint density at radius 3 is 3.08 bits per heavy atom. The molecule has 1 aromatic carbocycles. The second kappa shape index (κ2) is 9.03. The number of rotatable bonds is 8. The number of benzene rings is 1. The van der Waals surface area contributed by atoms with E-state index >= 15 is 0 Å². The first-order chi connectivity index (χ1) is 12.8. The molecule has 0 aliphatic rings. The van der Waals surface area contributed by atoms with Crippen molar-refractivity contribution in [2.75, 3.05) is 19.6 Å². The number of aryl methyl sites for hydroxylation is 1. The molecule has 0 spiro atoms. The first kappa shape index (κ1) is 18.0. The number of nitrogens with one attached hydrogen (secondary N) is 3. The number of guanidine groups is 1. The fourth-order valence-electron chi connectivity index (χ4n) is 2.89. The molecule has 2 aromatic heterocycles. The lowest BCUT2D eigenvalue weighted by Crippen LogP contribution is -2.38. The molecule has 3 rings (SSSR count). The average Bonchev–Trinajstić information content (AvgIpc) is 3.28. The number of aromatic nitrogens is 3. The van der Waals surface area contributed by atoms with E-state index in [1.54, 1.807) is 6.20 Å². The van der Waals surface area contributed by atoms with Crippen molar-refractivity contribution in [3.63, 3.8) is 0 Å². The summed E-state index contributed by atoms with van der Waals surface area (Å²) in [5.74, 6) is 0.602. The topological polar surface area (TPSA) is 70.0 Å². The number of aromatic amines is 1. The minimum atomic E-state index is -0.221. The number of imidazole rings is 1. The fourth-order valence-corrected chi connectivity index (χ4v) is 2.89. The monoisotopic (exact) mass is 356 g/mol. The predicted molar refractivity (Wildman–Crippen MR) is 103 cm³/mol. The van der Waals surface area contributed by atoms with Crippen LogP contribution in [-0.4, -0.2) is 40.1 Å². The zero-order valence-corrected chi connectivity index (χ0v) is 15.0. The molecule has 3 N–H and O–H groups in total. The summed E-state index contributed by atoms with van der Waals surface area (Å²) in [6, 6.07) is 4.85. The van der Waals surface area contributed by atoms with E-state index in [0.717, 1.165) is 55.9 Å². The summed E-state index contributed by atoms with van der Waals surface area (Å²) in [6.07, 6.45) is 9.31. The lowest BCUT2D eigenvalue weighted by Gasteiger charge is -2.11. The molecule has 0 unspecified atom stereocenters. The lowest BCUT2D eigenvalue weighted by molar-refractivity contribution is 0.629. The van der Waals surface area contributed by atoms with Gasteiger partial charge in [-0.25, -0.2) is 9.37 Å². The standard InChI is InChI=1S/C19H25FN6/c1-2-22-19(23-7-3-10-26-11-9-21-14-26)24-8-6-15-13-25-18-12-16(20)4-5-17(15)18/h4-5,9,11-14,25H,2-3,6-8,10H2,1H3,(H2,22,23,24). The fraction of sp³-hybridized carbons (Fsp3) is 0.368. The highest BCUT2D eigenvalue weighted by Gasteiger charge is 2.05. The van der Waals surface area contributed by atoms with E-state index < -0.39 is 0 Å². The van der Waals surface area contributed by atoms with Gasteiger partial charge in [-0.3, -0.25) is 4.99 Å². The highest BCUT2D eigenvalue weighted by molar-refractivity contribution is 5.83. The van der Waals surface area contributed by atoms with E-state index in [4.69, 9.17) is 0 Å². The third-order valence-electron chi connectivity index (χ3n) is 4.16. The molecular weight excluding hydrogens is 331 g/mol. The third-order valence-corrected chi connectivity index (χ3v) is 4.16. The van der Waals surface area contributed by atoms with Crippen LogP contribution in [0.5, 0.6) is 0 Å². The van der Waals surface area contributed by atoms with Crippen molar-refractivity contribution in [2.24, 2.45) is 4.99 Å². The van der Waals surface area contributed by atoms with Crippen LogP contribution in [0.3, 0.4) is 0 Å². The Bertz CT molecular complexity index is 837. The molecule has 26 heavy (non-hydrogen) atoms. The van der Waals surface area contributed by atoms with Gasteiger partial charge in [-0.1, -0.05) is 0 Å². The summed E-state index contributed by atoms with van der Waals surface area (Å²) < 4.78 is 15.3. The second-order valence-electron chi connectivity index (χ2n) is 6.10. The van der Waals surface area contributed by atoms with Gasteiger partial charge in [-0.2, -0.15) is 0 Å². The van der Waals surface area contributed by atoms with Gasteiger partial charge < -0.3 is 20.2 Å². The molecule has 0 fully saturated rings. The molecule has 7 heteroatoms. The summed E-state index contributed by atoms with van der Waals surface area (Å²) in [4.78, 5) is 11.8. The molecule has 0 aliphatic carbocycles. The number of halogens is 1. The average molecular weight is 356 g/mol. The molecule has 138 valence electrons. The molecule has 0 atom stereocenters. The van der Waals surface area contributed by atoms with Gasteiger partial charge >= 0.3 is 0 Å². The van der Waals surface area contributed by atoms with E-state index in [2.05, 4.69) is 37.1 Å². The quantitative estimate of drug-likeness (QED) is 0.330. The van der Waals surface area contributed by atoms with Crippen molar-refractivity contribution in [2.45, 2.75) is 26.3 Å². The molecule has 2 heterocycles. The van der Waals surface area contributed by atoms with Gasteiger partial charge in [0.2, 0.25) is 0 Å². The molecular formula is C19H25FN6. The molecule has 0 amide bonds. The Balaban J connectivity index is 1.48. The molecule has 0 radical (unpaired) electrons. The zero-order chi connectivity index (χ0) is 18.2. The first-order valence-electron chi connectivity index (χ1n) is 8.99. The van der Waals surface area contributed by atoms with Crippen molar-refractivity contribution >= 4 is 16.9 Å². The Labute approximate surface area is 152 Å². The predicted octanol–water partition coefficient (Wildman–Crippen LogP) is 2.69. The largest absolute Gasteiger partial charge is 0.361 e. The van der Waals surface area contributed by atoms with E-state index in [0.29, 0.717) is 0 Å². The van der Waals surface area contributed by atoms with Crippen molar-refractivity contribution in [3.05, 3.63) is 54.5 Å². The van der Waals surface area contributed by atoms with E-state index in [9.17, 15) is 4.39 Å². The van der Waals surface area contributed by atoms with E-state index in [1.807, 2.05) is 24.8 Å². The van der Waals surface area contributed by atoms with Gasteiger partial charge in [0, 0.05) is 55.7 Å². The number of fused-ring (bicyclic) bond motifs is 1. The Kier molecular flexibility index (Phi) is 6.24. The smallest absolute Gasteiger partial charge is 0.191 e. The van der Waals surface area contributed by atoms with Crippen LogP contribution >= 0.6 is 0 Å². The normalized spacial score (nSPS) is 11.8. The number of H-pyrrole nitrogens is 1. The van der Waals surface area contributed by atoms with E-state index in [1.165, 1.54) is 17.7 Å². The molecule has 3 aromatic rings. The van der Waals surface area contributed by atoms with Gasteiger partial charge in [0.15, 0.2) is 5.96 Å². The van der Waals surface area contributed by atoms with Gasteiger partial charge in [0.25, 0.3) is 0 Å². The molecule has 0 saturated carbocycles. The molecule has 0 saturated heterocycles. The van der Waals surface area contributed by atoms with Crippen molar-refractivity contribution in [1.82, 2.24) is 25.2 Å². The minimum absolute atomic E-state index is 0.221. The SMILES string of the molecule is CCNC(=NCCCn1ccnc1)NCCc1c[nH]c2cc(F)ccc12. The Morgan fingerprint density at radius 2 is 2.27 bits per heavy atom. The maximum Gasteiger partial charge on any atom is 0.191 e. The number of hydrogen-bond donors (Lipinski definition) is 3. The molecule has 0 aliphatic heterocycles. The Hall–Kier alpha value is -2.83. The van der Waals surface area contributed by atoms with Crippen LogP contribution in [0, 0.1) is 5.82 Å². The summed E-state index contributed by atoms with van der Waals surface area (Å²) in [7, 11) is 0. The molecule has 0 bridgehead atoms. The number of aliphatic imine (C=N–C) groups is 1. The minimum Gasteiger partial charge on any atom is -0.361 e. The van der Waals surface area contributed by atoms with Crippen LogP contribution < -0.4 is 10.6 Å². The van der Waals surface area contributed by atoms with Crippen molar-refractivity contribution in [1.29, 1.82) is 0 Å². The Morgan fingerprint density at radius 1 is 1.35 bits per heavy atom. The highest BCUT2D eigenvalue weighted by Crippen LogP contribution is 2.19. The van der Waals surface area contributed by atoms with Crippen LogP contribution in [0.2, 0.25) is 0 Å². The van der Waals surface area contributed by atoms with Gasteiger partial charge in [-0.15, -0.1) is 0 Å². The maximum absolute atomic E-state index is 13.3. The maximum atomic E-state index is 13.3. The van der Waals surface area contributed by atoms with Crippen LogP contribution in [0.15, 0.2) is 48.1 Å². The highest BCUT2D eigenvalue weighted by atomic mass is 19.1. The third kappa shape index (κ3) is 4.84. The van der Waals surface area contributed by atoms with E-state index in [-0.39, 0.29) is 5.82 Å². The van der Waals surface area contributed by atoms with Crippen molar-refractivity contribution < 1.29 is 4.39 Å². The zero-order valence-electron chi connectivity index (χ0n) is 15.0. The number of hydrogen-bond acceptors (Lipinski definition) is 2. The van der Waals surface area contributed by atoms with Crippen LogP contribution in [0.4, 0.5) is 4.39 Å². The van der Waals surface area contributed by atoms with Crippen LogP contribution in [0.25, 0.3) is 10.9 Å². The lowest BCUT2D eigenvalue weighted by atomic mass is 10.1.